The van der Waals surface area contributed by atoms with Crippen molar-refractivity contribution in [2.24, 2.45) is 0 Å². The van der Waals surface area contributed by atoms with E-state index in [9.17, 15) is 24.0 Å². The molecular formula is C40H39Cl2N11O6. The van der Waals surface area contributed by atoms with Crippen LogP contribution in [0.2, 0.25) is 10.2 Å². The first-order valence-corrected chi connectivity index (χ1v) is 19.7. The topological polar surface area (TPSA) is 206 Å². The summed E-state index contributed by atoms with van der Waals surface area (Å²) < 4.78 is 8.77. The second kappa shape index (κ2) is 15.4. The van der Waals surface area contributed by atoms with Gasteiger partial charge in [0.15, 0.2) is 11.3 Å². The van der Waals surface area contributed by atoms with E-state index in [0.29, 0.717) is 56.3 Å². The van der Waals surface area contributed by atoms with Crippen LogP contribution >= 0.6 is 23.2 Å². The van der Waals surface area contributed by atoms with E-state index in [1.165, 1.54) is 10.7 Å². The Labute approximate surface area is 347 Å². The van der Waals surface area contributed by atoms with E-state index >= 15 is 0 Å². The summed E-state index contributed by atoms with van der Waals surface area (Å²) in [5.74, 6) is 0.398. The van der Waals surface area contributed by atoms with Crippen molar-refractivity contribution in [2.75, 3.05) is 15.5 Å². The number of nitrogens with zero attached hydrogens (tertiary/aromatic N) is 7. The molecule has 0 spiro atoms. The van der Waals surface area contributed by atoms with Gasteiger partial charge in [0.2, 0.25) is 11.8 Å². The molecule has 2 aliphatic carbocycles. The van der Waals surface area contributed by atoms with Crippen molar-refractivity contribution in [3.8, 4) is 0 Å². The summed E-state index contributed by atoms with van der Waals surface area (Å²) in [6.45, 7) is 7.36. The van der Waals surface area contributed by atoms with E-state index in [1.54, 1.807) is 54.6 Å². The zero-order valence-corrected chi connectivity index (χ0v) is 33.9. The Morgan fingerprint density at radius 1 is 0.864 bits per heavy atom. The molecule has 2 aliphatic heterocycles. The molecule has 19 heteroatoms. The van der Waals surface area contributed by atoms with Gasteiger partial charge in [0, 0.05) is 57.2 Å². The highest BCUT2D eigenvalue weighted by Crippen LogP contribution is 2.35. The monoisotopic (exact) mass is 839 g/mol. The molecule has 0 atom stereocenters. The molecule has 0 unspecified atom stereocenters. The molecule has 59 heavy (non-hydrogen) atoms. The van der Waals surface area contributed by atoms with E-state index in [1.807, 2.05) is 31.2 Å². The fourth-order valence-electron chi connectivity index (χ4n) is 6.40. The average Bonchev–Trinajstić information content (AvgIpc) is 4.02. The van der Waals surface area contributed by atoms with E-state index in [4.69, 9.17) is 32.9 Å². The molecule has 2 saturated heterocycles. The minimum Gasteiger partial charge on any atom is -0.443 e. The van der Waals surface area contributed by atoms with Crippen LogP contribution in [0.25, 0.3) is 23.4 Å². The maximum Gasteiger partial charge on any atom is 0.416 e. The normalized spacial score (nSPS) is 18.0. The molecule has 0 radical (unpaired) electrons. The number of aryl methyl sites for hydroxylation is 1. The number of hydrogen-bond donors (Lipinski definition) is 4. The number of halogens is 2. The Morgan fingerprint density at radius 3 is 2.02 bits per heavy atom. The van der Waals surface area contributed by atoms with Crippen LogP contribution in [0.1, 0.15) is 76.0 Å². The van der Waals surface area contributed by atoms with Crippen LogP contribution in [-0.4, -0.2) is 76.6 Å². The highest BCUT2D eigenvalue weighted by molar-refractivity contribution is 6.31. The molecule has 6 heterocycles. The Morgan fingerprint density at radius 2 is 1.47 bits per heavy atom. The van der Waals surface area contributed by atoms with E-state index in [2.05, 4.69) is 36.4 Å². The van der Waals surface area contributed by atoms with E-state index in [-0.39, 0.29) is 41.8 Å². The van der Waals surface area contributed by atoms with Gasteiger partial charge >= 0.3 is 6.09 Å². The van der Waals surface area contributed by atoms with Gasteiger partial charge in [-0.2, -0.15) is 19.2 Å². The fraction of sp³-hybridized carbons (Fsp3) is 0.325. The second-order valence-electron chi connectivity index (χ2n) is 15.7. The van der Waals surface area contributed by atoms with Crippen LogP contribution in [0.15, 0.2) is 53.9 Å². The van der Waals surface area contributed by atoms with Crippen molar-refractivity contribution in [3.05, 3.63) is 80.7 Å². The quantitative estimate of drug-likeness (QED) is 0.0788. The lowest BCUT2D eigenvalue weighted by molar-refractivity contribution is -0.125. The van der Waals surface area contributed by atoms with Crippen molar-refractivity contribution in [1.82, 2.24) is 39.8 Å². The van der Waals surface area contributed by atoms with E-state index in [0.717, 1.165) is 42.8 Å². The molecule has 5 amide bonds. The third-order valence-electron chi connectivity index (χ3n) is 9.52. The summed E-state index contributed by atoms with van der Waals surface area (Å²) in [7, 11) is 0. The predicted molar refractivity (Wildman–Crippen MR) is 220 cm³/mol. The molecule has 4 aromatic heterocycles. The van der Waals surface area contributed by atoms with Crippen molar-refractivity contribution in [3.63, 3.8) is 0 Å². The number of carbonyl (C=O) groups excluding carboxylic acids is 5. The van der Waals surface area contributed by atoms with E-state index < -0.39 is 17.6 Å². The average molecular weight is 841 g/mol. The van der Waals surface area contributed by atoms with Gasteiger partial charge in [0.25, 0.3) is 11.8 Å². The molecule has 0 bridgehead atoms. The Kier molecular flexibility index (Phi) is 10.3. The lowest BCUT2D eigenvalue weighted by Crippen LogP contribution is -2.39. The molecule has 2 saturated carbocycles. The fourth-order valence-corrected chi connectivity index (χ4v) is 6.76. The Balaban J connectivity index is 0.000000164. The minimum absolute atomic E-state index is 0.00393. The third-order valence-corrected chi connectivity index (χ3v) is 10.1. The van der Waals surface area contributed by atoms with Gasteiger partial charge in [-0.25, -0.2) is 14.8 Å². The van der Waals surface area contributed by atoms with Crippen LogP contribution in [-0.2, 0) is 23.9 Å². The number of carbonyl (C=O) groups is 5. The Hall–Kier alpha value is -6.33. The summed E-state index contributed by atoms with van der Waals surface area (Å²) in [5, 5.41) is 20.9. The smallest absolute Gasteiger partial charge is 0.416 e. The summed E-state index contributed by atoms with van der Waals surface area (Å²) >= 11 is 12.5. The number of benzene rings is 1. The van der Waals surface area contributed by atoms with Gasteiger partial charge in [-0.05, 0) is 83.2 Å². The van der Waals surface area contributed by atoms with Crippen LogP contribution in [0.3, 0.4) is 0 Å². The highest BCUT2D eigenvalue weighted by atomic mass is 35.5. The molecule has 1 aromatic carbocycles. The van der Waals surface area contributed by atoms with Gasteiger partial charge in [-0.15, -0.1) is 0 Å². The molecule has 5 aromatic rings. The highest BCUT2D eigenvalue weighted by Gasteiger charge is 2.38. The molecule has 4 N–H and O–H groups in total. The van der Waals surface area contributed by atoms with Gasteiger partial charge in [-0.1, -0.05) is 29.3 Å². The minimum atomic E-state index is -0.651. The lowest BCUT2D eigenvalue weighted by Gasteiger charge is -2.27. The van der Waals surface area contributed by atoms with Crippen LogP contribution in [0, 0.1) is 6.92 Å². The third kappa shape index (κ3) is 8.90. The number of amides is 5. The molecule has 4 fully saturated rings. The standard InChI is InChI=1S/C21H19ClN6O2.C19H20ClN5O4/c1-11-2-3-15(8-16(11)22)24-17-9-18(25-14-4-5-14)28-20(26-17)13(10-23-28)6-12-7-19(29)27-21(12)30;1-19(2,3)29-18(28)24(12-4-5-12)15-8-13(20)22-16-11(9-21-25(15)16)6-10-7-14(26)23-17(10)27/h2-3,6,8-10,14,25H,4-5,7H2,1H3,(H,24,26)(H,27,29,30);6,8-9,12H,4-5,7H2,1-3H3,(H,23,26,27)/b12-6+;10-6+. The second-order valence-corrected chi connectivity index (χ2v) is 16.5. The number of rotatable bonds is 8. The molecular weight excluding hydrogens is 801 g/mol. The summed E-state index contributed by atoms with van der Waals surface area (Å²) in [6, 6.07) is 9.61. The van der Waals surface area contributed by atoms with Crippen molar-refractivity contribution >= 4 is 99.5 Å². The van der Waals surface area contributed by atoms with Crippen molar-refractivity contribution in [1.29, 1.82) is 0 Å². The first-order chi connectivity index (χ1) is 28.1. The largest absolute Gasteiger partial charge is 0.443 e. The van der Waals surface area contributed by atoms with Crippen LogP contribution in [0.4, 0.5) is 27.9 Å². The molecule has 9 rings (SSSR count). The zero-order chi connectivity index (χ0) is 41.7. The van der Waals surface area contributed by atoms with Gasteiger partial charge in [0.1, 0.15) is 28.2 Å². The SMILES string of the molecule is CC(C)(C)OC(=O)N(c1cc(Cl)nc2c(/C=C3\CC(=O)NC3=O)cnn12)C1CC1.Cc1ccc(Nc2cc(NC3CC3)n3ncc(/C=C4\CC(=O)NC4=O)c3n2)cc1Cl. The maximum absolute atomic E-state index is 12.9. The number of nitrogens with one attached hydrogen (secondary N) is 4. The number of anilines is 4. The lowest BCUT2D eigenvalue weighted by atomic mass is 10.1. The van der Waals surface area contributed by atoms with Gasteiger partial charge in [0.05, 0.1) is 25.2 Å². The van der Waals surface area contributed by atoms with Crippen LogP contribution < -0.4 is 26.2 Å². The number of aromatic nitrogens is 6. The Bertz CT molecular complexity index is 2650. The zero-order valence-electron chi connectivity index (χ0n) is 32.4. The summed E-state index contributed by atoms with van der Waals surface area (Å²) in [4.78, 5) is 70.2. The summed E-state index contributed by atoms with van der Waals surface area (Å²) in [6.07, 6.45) is 9.89. The first kappa shape index (κ1) is 39.5. The van der Waals surface area contributed by atoms with Gasteiger partial charge in [-0.3, -0.25) is 34.7 Å². The molecule has 304 valence electrons. The molecule has 17 nitrogen and oxygen atoms in total. The number of imide groups is 2. The number of ether oxygens (including phenoxy) is 1. The summed E-state index contributed by atoms with van der Waals surface area (Å²) in [5.41, 5.74) is 4.03. The van der Waals surface area contributed by atoms with Gasteiger partial charge < -0.3 is 15.4 Å². The predicted octanol–water partition coefficient (Wildman–Crippen LogP) is 6.16. The van der Waals surface area contributed by atoms with Crippen molar-refractivity contribution in [2.45, 2.75) is 83.9 Å². The maximum atomic E-state index is 12.9. The van der Waals surface area contributed by atoms with Crippen LogP contribution in [0.5, 0.6) is 0 Å². The van der Waals surface area contributed by atoms with Crippen molar-refractivity contribution < 1.29 is 28.7 Å². The molecule has 4 aliphatic rings. The number of fused-ring (bicyclic) bond motifs is 2. The first-order valence-electron chi connectivity index (χ1n) is 18.9. The number of hydrogen-bond acceptors (Lipinski definition) is 12.